The van der Waals surface area contributed by atoms with E-state index in [-0.39, 0.29) is 0 Å². The van der Waals surface area contributed by atoms with Gasteiger partial charge in [-0.05, 0) is 39.8 Å². The standard InChI is InChI=1S/C11H21F3N2/c1-8(6-11(12,13)14)15-7-10(16(2)3)9-4-5-9/h8-10,15H,4-7H2,1-3H3. The zero-order chi connectivity index (χ0) is 12.3. The molecule has 1 fully saturated rings. The average Bonchev–Trinajstić information content (AvgIpc) is 2.83. The first-order valence-electron chi connectivity index (χ1n) is 5.76. The molecular weight excluding hydrogens is 217 g/mol. The molecule has 0 bridgehead atoms. The van der Waals surface area contributed by atoms with Crippen LogP contribution in [0.2, 0.25) is 0 Å². The first kappa shape index (κ1) is 13.8. The van der Waals surface area contributed by atoms with Crippen molar-refractivity contribution >= 4 is 0 Å². The Morgan fingerprint density at radius 3 is 2.25 bits per heavy atom. The van der Waals surface area contributed by atoms with E-state index >= 15 is 0 Å². The fraction of sp³-hybridized carbons (Fsp3) is 1.00. The van der Waals surface area contributed by atoms with Crippen molar-refractivity contribution < 1.29 is 13.2 Å². The number of likely N-dealkylation sites (N-methyl/N-ethyl adjacent to an activating group) is 1. The monoisotopic (exact) mass is 238 g/mol. The predicted octanol–water partition coefficient (Wildman–Crippen LogP) is 2.26. The second-order valence-corrected chi connectivity index (χ2v) is 5.00. The summed E-state index contributed by atoms with van der Waals surface area (Å²) in [5, 5.41) is 2.98. The van der Waals surface area contributed by atoms with Gasteiger partial charge in [0.25, 0.3) is 0 Å². The largest absolute Gasteiger partial charge is 0.390 e. The Morgan fingerprint density at radius 2 is 1.88 bits per heavy atom. The van der Waals surface area contributed by atoms with Crippen LogP contribution >= 0.6 is 0 Å². The van der Waals surface area contributed by atoms with E-state index in [4.69, 9.17) is 0 Å². The van der Waals surface area contributed by atoms with E-state index in [9.17, 15) is 13.2 Å². The molecule has 1 saturated carbocycles. The fourth-order valence-electron chi connectivity index (χ4n) is 1.99. The van der Waals surface area contributed by atoms with E-state index in [1.807, 2.05) is 14.1 Å². The number of rotatable bonds is 6. The van der Waals surface area contributed by atoms with E-state index < -0.39 is 18.6 Å². The van der Waals surface area contributed by atoms with E-state index in [1.165, 1.54) is 12.8 Å². The summed E-state index contributed by atoms with van der Waals surface area (Å²) in [6.45, 7) is 2.24. The zero-order valence-electron chi connectivity index (χ0n) is 10.1. The van der Waals surface area contributed by atoms with Crippen molar-refractivity contribution in [1.29, 1.82) is 0 Å². The fourth-order valence-corrected chi connectivity index (χ4v) is 1.99. The molecule has 2 nitrogen and oxygen atoms in total. The Labute approximate surface area is 95.2 Å². The molecule has 0 aliphatic heterocycles. The molecule has 1 aliphatic carbocycles. The predicted molar refractivity (Wildman–Crippen MR) is 58.3 cm³/mol. The van der Waals surface area contributed by atoms with Crippen molar-refractivity contribution in [1.82, 2.24) is 10.2 Å². The highest BCUT2D eigenvalue weighted by Gasteiger charge is 2.34. The maximum Gasteiger partial charge on any atom is 0.390 e. The highest BCUT2D eigenvalue weighted by Crippen LogP contribution is 2.34. The number of halogens is 3. The lowest BCUT2D eigenvalue weighted by atomic mass is 10.1. The van der Waals surface area contributed by atoms with Gasteiger partial charge in [0.2, 0.25) is 0 Å². The highest BCUT2D eigenvalue weighted by molar-refractivity contribution is 4.88. The van der Waals surface area contributed by atoms with Crippen LogP contribution in [0.25, 0.3) is 0 Å². The Hall–Kier alpha value is -0.290. The van der Waals surface area contributed by atoms with Crippen molar-refractivity contribution in [2.45, 2.75) is 44.4 Å². The summed E-state index contributed by atoms with van der Waals surface area (Å²) < 4.78 is 36.3. The van der Waals surface area contributed by atoms with E-state index in [0.717, 1.165) is 0 Å². The van der Waals surface area contributed by atoms with Crippen LogP contribution in [0, 0.1) is 5.92 Å². The summed E-state index contributed by atoms with van der Waals surface area (Å²) in [6, 6.07) is -0.128. The average molecular weight is 238 g/mol. The minimum atomic E-state index is -4.07. The molecule has 0 aromatic carbocycles. The maximum absolute atomic E-state index is 12.1. The van der Waals surface area contributed by atoms with Gasteiger partial charge in [-0.15, -0.1) is 0 Å². The van der Waals surface area contributed by atoms with Crippen molar-refractivity contribution in [3.63, 3.8) is 0 Å². The molecule has 0 radical (unpaired) electrons. The van der Waals surface area contributed by atoms with Gasteiger partial charge in [0.05, 0.1) is 6.42 Å². The maximum atomic E-state index is 12.1. The Balaban J connectivity index is 2.26. The van der Waals surface area contributed by atoms with E-state index in [2.05, 4.69) is 10.2 Å². The molecule has 0 saturated heterocycles. The van der Waals surface area contributed by atoms with Gasteiger partial charge in [-0.3, -0.25) is 0 Å². The molecule has 0 aromatic rings. The minimum Gasteiger partial charge on any atom is -0.312 e. The third-order valence-electron chi connectivity index (χ3n) is 3.04. The smallest absolute Gasteiger partial charge is 0.312 e. The van der Waals surface area contributed by atoms with Crippen LogP contribution in [0.1, 0.15) is 26.2 Å². The molecule has 2 unspecified atom stereocenters. The van der Waals surface area contributed by atoms with Gasteiger partial charge >= 0.3 is 6.18 Å². The van der Waals surface area contributed by atoms with Gasteiger partial charge < -0.3 is 10.2 Å². The van der Waals surface area contributed by atoms with Gasteiger partial charge in [-0.2, -0.15) is 13.2 Å². The van der Waals surface area contributed by atoms with Crippen molar-refractivity contribution in [2.75, 3.05) is 20.6 Å². The molecule has 0 spiro atoms. The summed E-state index contributed by atoms with van der Waals surface area (Å²) in [6.07, 6.45) is -2.41. The van der Waals surface area contributed by atoms with Crippen LogP contribution in [0.3, 0.4) is 0 Å². The summed E-state index contributed by atoms with van der Waals surface area (Å²) in [7, 11) is 3.97. The normalized spacial score (nSPS) is 21.2. The molecule has 2 atom stereocenters. The first-order valence-corrected chi connectivity index (χ1v) is 5.76. The molecule has 16 heavy (non-hydrogen) atoms. The lowest BCUT2D eigenvalue weighted by Gasteiger charge is -2.26. The SMILES string of the molecule is CC(CC(F)(F)F)NCC(C1CC1)N(C)C. The van der Waals surface area contributed by atoms with Crippen LogP contribution in [-0.4, -0.2) is 43.8 Å². The Kier molecular flexibility index (Phi) is 4.62. The number of nitrogens with zero attached hydrogens (tertiary/aromatic N) is 1. The van der Waals surface area contributed by atoms with Gasteiger partial charge in [0.1, 0.15) is 0 Å². The van der Waals surface area contributed by atoms with Crippen molar-refractivity contribution in [3.05, 3.63) is 0 Å². The second kappa shape index (κ2) is 5.36. The molecule has 0 amide bonds. The molecule has 96 valence electrons. The molecule has 0 aromatic heterocycles. The molecular formula is C11H21F3N2. The lowest BCUT2D eigenvalue weighted by molar-refractivity contribution is -0.139. The van der Waals surface area contributed by atoms with Crippen LogP contribution in [0.4, 0.5) is 13.2 Å². The third-order valence-corrected chi connectivity index (χ3v) is 3.04. The van der Waals surface area contributed by atoms with Gasteiger partial charge in [-0.25, -0.2) is 0 Å². The number of alkyl halides is 3. The second-order valence-electron chi connectivity index (χ2n) is 5.00. The van der Waals surface area contributed by atoms with Crippen molar-refractivity contribution in [2.24, 2.45) is 5.92 Å². The Bertz CT molecular complexity index is 210. The zero-order valence-corrected chi connectivity index (χ0v) is 10.1. The number of hydrogen-bond acceptors (Lipinski definition) is 2. The Morgan fingerprint density at radius 1 is 1.31 bits per heavy atom. The summed E-state index contributed by atoms with van der Waals surface area (Å²) in [4.78, 5) is 2.10. The minimum absolute atomic E-state index is 0.371. The highest BCUT2D eigenvalue weighted by atomic mass is 19.4. The van der Waals surface area contributed by atoms with Crippen LogP contribution < -0.4 is 5.32 Å². The van der Waals surface area contributed by atoms with E-state index in [1.54, 1.807) is 6.92 Å². The van der Waals surface area contributed by atoms with Gasteiger partial charge in [0, 0.05) is 18.6 Å². The number of hydrogen-bond donors (Lipinski definition) is 1. The topological polar surface area (TPSA) is 15.3 Å². The molecule has 1 N–H and O–H groups in total. The van der Waals surface area contributed by atoms with Gasteiger partial charge in [-0.1, -0.05) is 0 Å². The van der Waals surface area contributed by atoms with Gasteiger partial charge in [0.15, 0.2) is 0 Å². The van der Waals surface area contributed by atoms with Crippen LogP contribution in [0.5, 0.6) is 0 Å². The summed E-state index contributed by atoms with van der Waals surface area (Å²) in [5.41, 5.74) is 0. The van der Waals surface area contributed by atoms with Crippen molar-refractivity contribution in [3.8, 4) is 0 Å². The van der Waals surface area contributed by atoms with Crippen LogP contribution in [0.15, 0.2) is 0 Å². The quantitative estimate of drug-likeness (QED) is 0.763. The molecule has 1 rings (SSSR count). The summed E-state index contributed by atoms with van der Waals surface area (Å²) >= 11 is 0. The number of nitrogens with one attached hydrogen (secondary N) is 1. The first-order chi connectivity index (χ1) is 7.29. The lowest BCUT2D eigenvalue weighted by Crippen LogP contribution is -2.43. The summed E-state index contributed by atoms with van der Waals surface area (Å²) in [5.74, 6) is 0.667. The molecule has 1 aliphatic rings. The van der Waals surface area contributed by atoms with E-state index in [0.29, 0.717) is 18.5 Å². The third kappa shape index (κ3) is 5.16. The molecule has 5 heteroatoms. The van der Waals surface area contributed by atoms with Crippen LogP contribution in [-0.2, 0) is 0 Å². The molecule has 0 heterocycles.